The minimum absolute atomic E-state index is 0.0982. The van der Waals surface area contributed by atoms with Crippen molar-refractivity contribution in [3.05, 3.63) is 60.2 Å². The van der Waals surface area contributed by atoms with Crippen molar-refractivity contribution in [1.29, 1.82) is 0 Å². The third-order valence-electron chi connectivity index (χ3n) is 4.72. The third-order valence-corrected chi connectivity index (χ3v) is 6.60. The van der Waals surface area contributed by atoms with Crippen LogP contribution in [0.3, 0.4) is 0 Å². The SMILES string of the molecule is Cc1ccc(NC(=O)NCC2CCCN(S(=O)(=O)c3ccccc3)C2)cc1. The predicted octanol–water partition coefficient (Wildman–Crippen LogP) is 3.22. The number of nitrogens with one attached hydrogen (secondary N) is 2. The molecule has 0 aliphatic carbocycles. The van der Waals surface area contributed by atoms with Crippen LogP contribution in [-0.2, 0) is 10.0 Å². The molecule has 3 rings (SSSR count). The first kappa shape index (κ1) is 19.4. The molecule has 1 atom stereocenters. The van der Waals surface area contributed by atoms with Gasteiger partial charge < -0.3 is 10.6 Å². The highest BCUT2D eigenvalue weighted by molar-refractivity contribution is 7.89. The highest BCUT2D eigenvalue weighted by Gasteiger charge is 2.30. The van der Waals surface area contributed by atoms with Gasteiger partial charge in [0.2, 0.25) is 10.0 Å². The van der Waals surface area contributed by atoms with Crippen LogP contribution in [0.25, 0.3) is 0 Å². The smallest absolute Gasteiger partial charge is 0.319 e. The van der Waals surface area contributed by atoms with Crippen LogP contribution in [0.15, 0.2) is 59.5 Å². The molecular weight excluding hydrogens is 362 g/mol. The van der Waals surface area contributed by atoms with Gasteiger partial charge in [0.25, 0.3) is 0 Å². The van der Waals surface area contributed by atoms with Crippen LogP contribution in [0.1, 0.15) is 18.4 Å². The van der Waals surface area contributed by atoms with E-state index in [2.05, 4.69) is 10.6 Å². The topological polar surface area (TPSA) is 78.5 Å². The van der Waals surface area contributed by atoms with E-state index in [1.165, 1.54) is 4.31 Å². The lowest BCUT2D eigenvalue weighted by Gasteiger charge is -2.32. The number of hydrogen-bond donors (Lipinski definition) is 2. The molecule has 2 aromatic rings. The zero-order chi connectivity index (χ0) is 19.3. The van der Waals surface area contributed by atoms with E-state index in [-0.39, 0.29) is 11.9 Å². The first-order valence-corrected chi connectivity index (χ1v) is 10.6. The molecule has 144 valence electrons. The first-order valence-electron chi connectivity index (χ1n) is 9.12. The molecule has 1 aliphatic rings. The summed E-state index contributed by atoms with van der Waals surface area (Å²) in [5.74, 6) is 0.0982. The Bertz CT molecular complexity index is 867. The summed E-state index contributed by atoms with van der Waals surface area (Å²) in [5, 5.41) is 5.65. The number of aryl methyl sites for hydroxylation is 1. The van der Waals surface area contributed by atoms with E-state index >= 15 is 0 Å². The number of amides is 2. The Labute approximate surface area is 160 Å². The minimum atomic E-state index is -3.48. The number of carbonyl (C=O) groups is 1. The number of rotatable bonds is 5. The summed E-state index contributed by atoms with van der Waals surface area (Å²) in [6.45, 7) is 3.37. The fraction of sp³-hybridized carbons (Fsp3) is 0.350. The normalized spacial score (nSPS) is 18.0. The number of hydrogen-bond acceptors (Lipinski definition) is 3. The number of carbonyl (C=O) groups excluding carboxylic acids is 1. The molecule has 0 radical (unpaired) electrons. The lowest BCUT2D eigenvalue weighted by Crippen LogP contribution is -2.44. The molecule has 2 aromatic carbocycles. The van der Waals surface area contributed by atoms with Crippen molar-refractivity contribution in [3.63, 3.8) is 0 Å². The van der Waals surface area contributed by atoms with Gasteiger partial charge in [-0.2, -0.15) is 4.31 Å². The van der Waals surface area contributed by atoms with E-state index in [9.17, 15) is 13.2 Å². The van der Waals surface area contributed by atoms with Gasteiger partial charge in [-0.25, -0.2) is 13.2 Å². The average Bonchev–Trinajstić information content (AvgIpc) is 2.69. The van der Waals surface area contributed by atoms with Crippen molar-refractivity contribution < 1.29 is 13.2 Å². The number of sulfonamides is 1. The van der Waals surface area contributed by atoms with Crippen molar-refractivity contribution in [1.82, 2.24) is 9.62 Å². The van der Waals surface area contributed by atoms with E-state index in [1.54, 1.807) is 30.3 Å². The summed E-state index contributed by atoms with van der Waals surface area (Å²) in [7, 11) is -3.48. The fourth-order valence-electron chi connectivity index (χ4n) is 3.20. The molecular formula is C20H25N3O3S. The lowest BCUT2D eigenvalue weighted by atomic mass is 10.00. The van der Waals surface area contributed by atoms with Crippen LogP contribution >= 0.6 is 0 Å². The predicted molar refractivity (Wildman–Crippen MR) is 106 cm³/mol. The zero-order valence-electron chi connectivity index (χ0n) is 15.4. The van der Waals surface area contributed by atoms with Crippen LogP contribution < -0.4 is 10.6 Å². The van der Waals surface area contributed by atoms with E-state index < -0.39 is 10.0 Å². The lowest BCUT2D eigenvalue weighted by molar-refractivity contribution is 0.238. The molecule has 6 nitrogen and oxygen atoms in total. The Morgan fingerprint density at radius 1 is 1.11 bits per heavy atom. The van der Waals surface area contributed by atoms with Gasteiger partial charge in [0, 0.05) is 25.3 Å². The average molecular weight is 388 g/mol. The maximum Gasteiger partial charge on any atom is 0.319 e. The number of anilines is 1. The number of urea groups is 1. The van der Waals surface area contributed by atoms with Gasteiger partial charge in [-0.15, -0.1) is 0 Å². The van der Waals surface area contributed by atoms with E-state index in [4.69, 9.17) is 0 Å². The third kappa shape index (κ3) is 5.08. The maximum atomic E-state index is 12.8. The van der Waals surface area contributed by atoms with Crippen LogP contribution in [0.5, 0.6) is 0 Å². The molecule has 27 heavy (non-hydrogen) atoms. The molecule has 1 fully saturated rings. The molecule has 1 aliphatic heterocycles. The second-order valence-corrected chi connectivity index (χ2v) is 8.82. The van der Waals surface area contributed by atoms with Gasteiger partial charge in [-0.3, -0.25) is 0 Å². The summed E-state index contributed by atoms with van der Waals surface area (Å²) in [4.78, 5) is 12.4. The Kier molecular flexibility index (Phi) is 6.13. The van der Waals surface area contributed by atoms with Gasteiger partial charge in [-0.1, -0.05) is 35.9 Å². The summed E-state index contributed by atoms with van der Waals surface area (Å²) < 4.78 is 27.1. The molecule has 1 unspecified atom stereocenters. The minimum Gasteiger partial charge on any atom is -0.338 e. The molecule has 0 bridgehead atoms. The largest absolute Gasteiger partial charge is 0.338 e. The molecule has 0 spiro atoms. The van der Waals surface area contributed by atoms with Crippen LogP contribution in [-0.4, -0.2) is 38.4 Å². The van der Waals surface area contributed by atoms with Crippen LogP contribution in [0, 0.1) is 12.8 Å². The van der Waals surface area contributed by atoms with Crippen LogP contribution in [0.2, 0.25) is 0 Å². The molecule has 7 heteroatoms. The quantitative estimate of drug-likeness (QED) is 0.827. The number of piperidine rings is 1. The molecule has 2 amide bonds. The standard InChI is InChI=1S/C20H25N3O3S/c1-16-9-11-18(12-10-16)22-20(24)21-14-17-6-5-13-23(15-17)27(25,26)19-7-3-2-4-8-19/h2-4,7-12,17H,5-6,13-15H2,1H3,(H2,21,22,24). The maximum absolute atomic E-state index is 12.8. The summed E-state index contributed by atoms with van der Waals surface area (Å²) in [6.07, 6.45) is 1.68. The van der Waals surface area contributed by atoms with Gasteiger partial charge in [0.1, 0.15) is 0 Å². The number of benzene rings is 2. The molecule has 0 aromatic heterocycles. The van der Waals surface area contributed by atoms with Crippen molar-refractivity contribution in [2.75, 3.05) is 25.0 Å². The summed E-state index contributed by atoms with van der Waals surface area (Å²) in [5.41, 5.74) is 1.86. The second-order valence-electron chi connectivity index (χ2n) is 6.89. The van der Waals surface area contributed by atoms with E-state index in [0.29, 0.717) is 24.5 Å². The Morgan fingerprint density at radius 2 is 1.81 bits per heavy atom. The van der Waals surface area contributed by atoms with Crippen molar-refractivity contribution >= 4 is 21.7 Å². The Hall–Kier alpha value is -2.38. The van der Waals surface area contributed by atoms with Gasteiger partial charge >= 0.3 is 6.03 Å². The summed E-state index contributed by atoms with van der Waals surface area (Å²) >= 11 is 0. The van der Waals surface area contributed by atoms with Crippen LogP contribution in [0.4, 0.5) is 10.5 Å². The zero-order valence-corrected chi connectivity index (χ0v) is 16.2. The number of nitrogens with zero attached hydrogens (tertiary/aromatic N) is 1. The Morgan fingerprint density at radius 3 is 2.52 bits per heavy atom. The second kappa shape index (κ2) is 8.54. The van der Waals surface area contributed by atoms with Gasteiger partial charge in [0.05, 0.1) is 4.90 Å². The molecule has 0 saturated carbocycles. The summed E-state index contributed by atoms with van der Waals surface area (Å²) in [6, 6.07) is 15.8. The van der Waals surface area contributed by atoms with E-state index in [0.717, 1.165) is 24.1 Å². The molecule has 2 N–H and O–H groups in total. The fourth-order valence-corrected chi connectivity index (χ4v) is 4.78. The Balaban J connectivity index is 1.54. The monoisotopic (exact) mass is 387 g/mol. The van der Waals surface area contributed by atoms with Gasteiger partial charge in [-0.05, 0) is 49.9 Å². The van der Waals surface area contributed by atoms with Crippen molar-refractivity contribution in [3.8, 4) is 0 Å². The van der Waals surface area contributed by atoms with Crippen molar-refractivity contribution in [2.45, 2.75) is 24.7 Å². The van der Waals surface area contributed by atoms with Gasteiger partial charge in [0.15, 0.2) is 0 Å². The highest BCUT2D eigenvalue weighted by Crippen LogP contribution is 2.23. The van der Waals surface area contributed by atoms with E-state index in [1.807, 2.05) is 31.2 Å². The molecule has 1 saturated heterocycles. The van der Waals surface area contributed by atoms with Crippen molar-refractivity contribution in [2.24, 2.45) is 5.92 Å². The molecule has 1 heterocycles. The highest BCUT2D eigenvalue weighted by atomic mass is 32.2. The first-order chi connectivity index (χ1) is 12.9.